The van der Waals surface area contributed by atoms with E-state index in [0.717, 1.165) is 31.8 Å². The van der Waals surface area contributed by atoms with Gasteiger partial charge in [0, 0.05) is 19.0 Å². The summed E-state index contributed by atoms with van der Waals surface area (Å²) in [5.41, 5.74) is 5.51. The number of amides is 1. The molecule has 1 aliphatic carbocycles. The molecule has 3 rings (SSSR count). The highest BCUT2D eigenvalue weighted by Crippen LogP contribution is 2.64. The van der Waals surface area contributed by atoms with E-state index < -0.39 is 0 Å². The number of carbonyl (C=O) groups excluding carboxylic acids is 1. The van der Waals surface area contributed by atoms with Gasteiger partial charge in [-0.2, -0.15) is 4.98 Å². The van der Waals surface area contributed by atoms with Gasteiger partial charge in [0.15, 0.2) is 0 Å². The molecule has 1 amide bonds. The van der Waals surface area contributed by atoms with Crippen LogP contribution in [0, 0.1) is 11.3 Å². The normalized spacial score (nSPS) is 29.0. The third-order valence-corrected chi connectivity index (χ3v) is 4.83. The van der Waals surface area contributed by atoms with Crippen LogP contribution in [-0.2, 0) is 4.79 Å². The monoisotopic (exact) mass is 277 g/mol. The average Bonchev–Trinajstić information content (AvgIpc) is 2.89. The fraction of sp³-hybridized carbons (Fsp3) is 0.786. The second-order valence-electron chi connectivity index (χ2n) is 6.60. The third kappa shape index (κ3) is 2.17. The minimum atomic E-state index is -0.0602. The van der Waals surface area contributed by atoms with Gasteiger partial charge in [0.05, 0.1) is 5.92 Å². The topological polar surface area (TPSA) is 87.9 Å². The fourth-order valence-corrected chi connectivity index (χ4v) is 3.52. The fourth-order valence-electron chi connectivity index (χ4n) is 3.52. The average molecular weight is 277 g/mol. The summed E-state index contributed by atoms with van der Waals surface area (Å²) < 4.78 is 0. The molecule has 1 saturated heterocycles. The number of hydrogen-bond donors (Lipinski definition) is 2. The van der Waals surface area contributed by atoms with E-state index in [1.165, 1.54) is 12.8 Å². The highest BCUT2D eigenvalue weighted by atomic mass is 16.2. The zero-order valence-corrected chi connectivity index (χ0v) is 12.2. The van der Waals surface area contributed by atoms with E-state index in [4.69, 9.17) is 5.73 Å². The number of hydrogen-bond acceptors (Lipinski definition) is 4. The molecule has 0 spiro atoms. The molecule has 2 heterocycles. The number of rotatable bonds is 2. The van der Waals surface area contributed by atoms with Crippen LogP contribution in [0.15, 0.2) is 0 Å². The first-order valence-electron chi connectivity index (χ1n) is 7.48. The maximum absolute atomic E-state index is 12.8. The van der Waals surface area contributed by atoms with Crippen molar-refractivity contribution < 1.29 is 4.79 Å². The molecule has 3 N–H and O–H groups in total. The number of nitrogens with two attached hydrogens (primary N) is 1. The van der Waals surface area contributed by atoms with Gasteiger partial charge in [-0.05, 0) is 18.3 Å². The molecule has 110 valence electrons. The molecule has 2 aliphatic rings. The Balaban J connectivity index is 1.75. The second-order valence-corrected chi connectivity index (χ2v) is 6.60. The zero-order chi connectivity index (χ0) is 14.3. The van der Waals surface area contributed by atoms with Gasteiger partial charge in [0.2, 0.25) is 11.9 Å². The standard InChI is InChI=1S/C14H23N5O/c1-14(2)9(11-16-13(15)18-17-11)10(14)12(20)19-7-5-3-4-6-8-19/h9-10H,3-8H2,1-2H3,(H3,15,16,17,18)/t9-,10+/m1/s1. The lowest BCUT2D eigenvalue weighted by Gasteiger charge is -2.21. The molecule has 2 atom stereocenters. The van der Waals surface area contributed by atoms with Crippen LogP contribution >= 0.6 is 0 Å². The largest absolute Gasteiger partial charge is 0.367 e. The van der Waals surface area contributed by atoms with Crippen molar-refractivity contribution in [3.05, 3.63) is 5.82 Å². The summed E-state index contributed by atoms with van der Waals surface area (Å²) in [5.74, 6) is 1.40. The first-order valence-corrected chi connectivity index (χ1v) is 7.48. The molecule has 1 aromatic rings. The molecule has 0 unspecified atom stereocenters. The Morgan fingerprint density at radius 1 is 1.30 bits per heavy atom. The lowest BCUT2D eigenvalue weighted by Crippen LogP contribution is -2.34. The number of anilines is 1. The van der Waals surface area contributed by atoms with E-state index in [-0.39, 0.29) is 29.1 Å². The molecule has 0 aromatic carbocycles. The molecule has 6 nitrogen and oxygen atoms in total. The van der Waals surface area contributed by atoms with E-state index in [1.54, 1.807) is 0 Å². The minimum absolute atomic E-state index is 0.00736. The molecule has 1 aromatic heterocycles. The number of aromatic amines is 1. The summed E-state index contributed by atoms with van der Waals surface area (Å²) in [6.07, 6.45) is 4.72. The van der Waals surface area contributed by atoms with Crippen LogP contribution in [0.2, 0.25) is 0 Å². The van der Waals surface area contributed by atoms with Gasteiger partial charge in [-0.1, -0.05) is 26.7 Å². The predicted octanol–water partition coefficient (Wildman–Crippen LogP) is 1.53. The van der Waals surface area contributed by atoms with Gasteiger partial charge < -0.3 is 10.6 Å². The molecule has 1 aliphatic heterocycles. The summed E-state index contributed by atoms with van der Waals surface area (Å²) >= 11 is 0. The summed E-state index contributed by atoms with van der Waals surface area (Å²) in [5, 5.41) is 6.75. The Morgan fingerprint density at radius 3 is 2.50 bits per heavy atom. The highest BCUT2D eigenvalue weighted by molar-refractivity contribution is 5.84. The summed E-state index contributed by atoms with van der Waals surface area (Å²) in [6.45, 7) is 6.04. The van der Waals surface area contributed by atoms with Gasteiger partial charge in [-0.3, -0.25) is 9.89 Å². The van der Waals surface area contributed by atoms with E-state index in [2.05, 4.69) is 29.0 Å². The molecular formula is C14H23N5O. The maximum Gasteiger partial charge on any atom is 0.239 e. The highest BCUT2D eigenvalue weighted by Gasteiger charge is 2.64. The number of H-pyrrole nitrogens is 1. The summed E-state index contributed by atoms with van der Waals surface area (Å²) in [6, 6.07) is 0. The molecule has 6 heteroatoms. The zero-order valence-electron chi connectivity index (χ0n) is 12.2. The lowest BCUT2D eigenvalue weighted by molar-refractivity contribution is -0.133. The number of likely N-dealkylation sites (tertiary alicyclic amines) is 1. The van der Waals surface area contributed by atoms with E-state index in [1.807, 2.05) is 4.90 Å². The number of aromatic nitrogens is 3. The Hall–Kier alpha value is -1.59. The van der Waals surface area contributed by atoms with Crippen LogP contribution < -0.4 is 5.73 Å². The van der Waals surface area contributed by atoms with Gasteiger partial charge in [0.1, 0.15) is 5.82 Å². The molecule has 0 bridgehead atoms. The van der Waals surface area contributed by atoms with E-state index in [0.29, 0.717) is 0 Å². The number of nitrogens with one attached hydrogen (secondary N) is 1. The number of nitrogen functional groups attached to an aromatic ring is 1. The van der Waals surface area contributed by atoms with Crippen LogP contribution in [0.1, 0.15) is 51.3 Å². The number of nitrogens with zero attached hydrogens (tertiary/aromatic N) is 3. The lowest BCUT2D eigenvalue weighted by atomic mass is 10.1. The van der Waals surface area contributed by atoms with Crippen molar-refractivity contribution in [1.82, 2.24) is 20.1 Å². The van der Waals surface area contributed by atoms with Crippen molar-refractivity contribution in [2.45, 2.75) is 45.4 Å². The van der Waals surface area contributed by atoms with Crippen LogP contribution in [0.25, 0.3) is 0 Å². The smallest absolute Gasteiger partial charge is 0.239 e. The van der Waals surface area contributed by atoms with Crippen LogP contribution in [0.5, 0.6) is 0 Å². The molecule has 2 fully saturated rings. The summed E-state index contributed by atoms with van der Waals surface area (Å²) in [4.78, 5) is 19.0. The van der Waals surface area contributed by atoms with Crippen molar-refractivity contribution in [3.63, 3.8) is 0 Å². The van der Waals surface area contributed by atoms with Crippen molar-refractivity contribution in [3.8, 4) is 0 Å². The van der Waals surface area contributed by atoms with E-state index in [9.17, 15) is 4.79 Å². The maximum atomic E-state index is 12.8. The Labute approximate surface area is 119 Å². The van der Waals surface area contributed by atoms with Crippen molar-refractivity contribution in [2.75, 3.05) is 18.8 Å². The van der Waals surface area contributed by atoms with Gasteiger partial charge >= 0.3 is 0 Å². The summed E-state index contributed by atoms with van der Waals surface area (Å²) in [7, 11) is 0. The van der Waals surface area contributed by atoms with Crippen molar-refractivity contribution in [1.29, 1.82) is 0 Å². The van der Waals surface area contributed by atoms with Crippen molar-refractivity contribution >= 4 is 11.9 Å². The molecule has 20 heavy (non-hydrogen) atoms. The van der Waals surface area contributed by atoms with Crippen molar-refractivity contribution in [2.24, 2.45) is 11.3 Å². The first-order chi connectivity index (χ1) is 9.51. The Morgan fingerprint density at radius 2 is 1.95 bits per heavy atom. The van der Waals surface area contributed by atoms with Gasteiger partial charge in [-0.15, -0.1) is 5.10 Å². The molecular weight excluding hydrogens is 254 g/mol. The van der Waals surface area contributed by atoms with Crippen LogP contribution in [-0.4, -0.2) is 39.1 Å². The quantitative estimate of drug-likeness (QED) is 0.858. The predicted molar refractivity (Wildman–Crippen MR) is 75.9 cm³/mol. The Kier molecular flexibility index (Phi) is 3.18. The minimum Gasteiger partial charge on any atom is -0.367 e. The molecule has 0 radical (unpaired) electrons. The van der Waals surface area contributed by atoms with Crippen LogP contribution in [0.3, 0.4) is 0 Å². The van der Waals surface area contributed by atoms with Gasteiger partial charge in [0.25, 0.3) is 0 Å². The Bertz CT molecular complexity index is 501. The van der Waals surface area contributed by atoms with Crippen LogP contribution in [0.4, 0.5) is 5.95 Å². The molecule has 1 saturated carbocycles. The van der Waals surface area contributed by atoms with Gasteiger partial charge in [-0.25, -0.2) is 0 Å². The third-order valence-electron chi connectivity index (χ3n) is 4.83. The second kappa shape index (κ2) is 4.75. The van der Waals surface area contributed by atoms with E-state index >= 15 is 0 Å². The SMILES string of the molecule is CC1(C)[C@H](C(=O)N2CCCCCC2)[C@@H]1c1nc(N)n[nH]1. The first kappa shape index (κ1) is 13.4. The number of carbonyl (C=O) groups is 1.